The van der Waals surface area contributed by atoms with E-state index in [2.05, 4.69) is 24.6 Å². The van der Waals surface area contributed by atoms with Crippen LogP contribution in [-0.4, -0.2) is 26.4 Å². The van der Waals surface area contributed by atoms with Crippen LogP contribution in [0.2, 0.25) is 0 Å². The van der Waals surface area contributed by atoms with Crippen LogP contribution in [0.25, 0.3) is 0 Å². The Morgan fingerprint density at radius 3 is 1.23 bits per heavy atom. The van der Waals surface area contributed by atoms with E-state index in [1.54, 1.807) is 0 Å². The smallest absolute Gasteiger partial charge is 0.0506 e. The van der Waals surface area contributed by atoms with Crippen LogP contribution in [-0.2, 0) is 22.3 Å². The number of hydrogen-bond acceptors (Lipinski definition) is 3. The molecule has 0 aliphatic rings. The Labute approximate surface area is 198 Å². The van der Waals surface area contributed by atoms with Gasteiger partial charge < -0.3 is 9.47 Å². The number of hydrogen-bond donors (Lipinski definition) is 0. The summed E-state index contributed by atoms with van der Waals surface area (Å²) in [5.41, 5.74) is 2.94. The van der Waals surface area contributed by atoms with Crippen molar-refractivity contribution in [3.05, 3.63) is 21.9 Å². The van der Waals surface area contributed by atoms with Gasteiger partial charge in [-0.25, -0.2) is 0 Å². The van der Waals surface area contributed by atoms with E-state index in [9.17, 15) is 0 Å². The zero-order valence-electron chi connectivity index (χ0n) is 20.9. The molecule has 0 spiro atoms. The molecule has 31 heavy (non-hydrogen) atoms. The second-order valence-corrected chi connectivity index (χ2v) is 9.84. The molecule has 0 unspecified atom stereocenters. The minimum atomic E-state index is 0.860. The van der Waals surface area contributed by atoms with E-state index in [1.165, 1.54) is 114 Å². The molecule has 1 rings (SSSR count). The Morgan fingerprint density at radius 1 is 0.484 bits per heavy atom. The second-order valence-electron chi connectivity index (χ2n) is 9.10. The molecule has 1 heterocycles. The molecule has 3 heteroatoms. The van der Waals surface area contributed by atoms with Gasteiger partial charge in [0.25, 0.3) is 0 Å². The lowest BCUT2D eigenvalue weighted by atomic mass is 10.1. The fraction of sp³-hybridized carbons (Fsp3) is 0.857. The van der Waals surface area contributed by atoms with Crippen molar-refractivity contribution in [2.24, 2.45) is 0 Å². The first-order chi connectivity index (χ1) is 15.4. The third kappa shape index (κ3) is 17.8. The molecule has 0 aliphatic carbocycles. The summed E-state index contributed by atoms with van der Waals surface area (Å²) in [7, 11) is 0. The molecule has 0 saturated carbocycles. The summed E-state index contributed by atoms with van der Waals surface area (Å²) >= 11 is 1.82. The zero-order chi connectivity index (χ0) is 22.2. The van der Waals surface area contributed by atoms with Crippen LogP contribution < -0.4 is 0 Å². The van der Waals surface area contributed by atoms with Gasteiger partial charge in [0.1, 0.15) is 0 Å². The van der Waals surface area contributed by atoms with Crippen molar-refractivity contribution in [2.75, 3.05) is 26.4 Å². The van der Waals surface area contributed by atoms with Gasteiger partial charge in [-0.05, 0) is 47.6 Å². The van der Waals surface area contributed by atoms with Crippen LogP contribution in [0.15, 0.2) is 10.8 Å². The summed E-state index contributed by atoms with van der Waals surface area (Å²) in [5.74, 6) is 0. The standard InChI is InChI=1S/C28H52O2S/c1-3-5-7-9-11-13-15-17-21-29-23-19-27-25-31-26-28(27)20-24-30-22-18-16-14-12-10-8-6-4-2/h25-26H,3-24H2,1-2H3. The summed E-state index contributed by atoms with van der Waals surface area (Å²) in [6.07, 6.45) is 23.9. The highest BCUT2D eigenvalue weighted by Crippen LogP contribution is 2.17. The highest BCUT2D eigenvalue weighted by atomic mass is 32.1. The van der Waals surface area contributed by atoms with Gasteiger partial charge >= 0.3 is 0 Å². The predicted octanol–water partition coefficient (Wildman–Crippen LogP) is 9.15. The molecule has 0 aliphatic heterocycles. The van der Waals surface area contributed by atoms with Crippen LogP contribution in [0.4, 0.5) is 0 Å². The number of rotatable bonds is 24. The zero-order valence-corrected chi connectivity index (χ0v) is 21.8. The normalized spacial score (nSPS) is 11.4. The molecule has 0 saturated heterocycles. The largest absolute Gasteiger partial charge is 0.381 e. The van der Waals surface area contributed by atoms with Crippen molar-refractivity contribution < 1.29 is 9.47 Å². The lowest BCUT2D eigenvalue weighted by molar-refractivity contribution is 0.129. The van der Waals surface area contributed by atoms with Gasteiger partial charge in [0.2, 0.25) is 0 Å². The molecule has 0 radical (unpaired) electrons. The summed E-state index contributed by atoms with van der Waals surface area (Å²) in [6, 6.07) is 0. The quantitative estimate of drug-likeness (QED) is 0.146. The molecule has 1 aromatic rings. The van der Waals surface area contributed by atoms with Crippen molar-refractivity contribution in [3.8, 4) is 0 Å². The van der Waals surface area contributed by atoms with E-state index >= 15 is 0 Å². The predicted molar refractivity (Wildman–Crippen MR) is 139 cm³/mol. The molecule has 0 atom stereocenters. The van der Waals surface area contributed by atoms with Gasteiger partial charge in [-0.15, -0.1) is 0 Å². The highest BCUT2D eigenvalue weighted by molar-refractivity contribution is 7.08. The maximum absolute atomic E-state index is 5.89. The molecule has 0 bridgehead atoms. The minimum absolute atomic E-state index is 0.860. The average molecular weight is 453 g/mol. The molecule has 0 amide bonds. The molecule has 0 fully saturated rings. The van der Waals surface area contributed by atoms with Crippen molar-refractivity contribution in [3.63, 3.8) is 0 Å². The van der Waals surface area contributed by atoms with Crippen molar-refractivity contribution in [2.45, 2.75) is 129 Å². The third-order valence-electron chi connectivity index (χ3n) is 6.15. The van der Waals surface area contributed by atoms with Gasteiger partial charge in [-0.1, -0.05) is 104 Å². The third-order valence-corrected chi connectivity index (χ3v) is 6.99. The first kappa shape index (κ1) is 28.7. The maximum atomic E-state index is 5.89. The van der Waals surface area contributed by atoms with Crippen molar-refractivity contribution >= 4 is 11.3 Å². The van der Waals surface area contributed by atoms with E-state index < -0.39 is 0 Å². The minimum Gasteiger partial charge on any atom is -0.381 e. The molecular weight excluding hydrogens is 400 g/mol. The molecular formula is C28H52O2S. The van der Waals surface area contributed by atoms with Crippen LogP contribution >= 0.6 is 11.3 Å². The first-order valence-electron chi connectivity index (χ1n) is 13.6. The topological polar surface area (TPSA) is 18.5 Å². The van der Waals surface area contributed by atoms with Crippen LogP contribution in [0, 0.1) is 0 Å². The monoisotopic (exact) mass is 452 g/mol. The van der Waals surface area contributed by atoms with Crippen molar-refractivity contribution in [1.29, 1.82) is 0 Å². The lowest BCUT2D eigenvalue weighted by Gasteiger charge is -2.07. The van der Waals surface area contributed by atoms with Crippen molar-refractivity contribution in [1.82, 2.24) is 0 Å². The van der Waals surface area contributed by atoms with Crippen LogP contribution in [0.3, 0.4) is 0 Å². The Balaban J connectivity index is 1.91. The van der Waals surface area contributed by atoms with Crippen LogP contribution in [0.5, 0.6) is 0 Å². The maximum Gasteiger partial charge on any atom is 0.0506 e. The summed E-state index contributed by atoms with van der Waals surface area (Å²) < 4.78 is 11.8. The van der Waals surface area contributed by atoms with E-state index in [0.717, 1.165) is 39.3 Å². The van der Waals surface area contributed by atoms with Gasteiger partial charge in [0.15, 0.2) is 0 Å². The highest BCUT2D eigenvalue weighted by Gasteiger charge is 2.04. The average Bonchev–Trinajstić information content (AvgIpc) is 3.23. The molecule has 1 aromatic heterocycles. The van der Waals surface area contributed by atoms with Gasteiger partial charge in [-0.3, -0.25) is 0 Å². The second kappa shape index (κ2) is 22.8. The fourth-order valence-electron chi connectivity index (χ4n) is 4.03. The lowest BCUT2D eigenvalue weighted by Crippen LogP contribution is -2.04. The fourth-order valence-corrected chi connectivity index (χ4v) is 4.97. The summed E-state index contributed by atoms with van der Waals surface area (Å²) in [5, 5.41) is 4.60. The Kier molecular flexibility index (Phi) is 21.1. The Hall–Kier alpha value is -0.380. The van der Waals surface area contributed by atoms with E-state index in [1.807, 2.05) is 11.3 Å². The molecule has 182 valence electrons. The van der Waals surface area contributed by atoms with E-state index in [0.29, 0.717) is 0 Å². The Morgan fingerprint density at radius 2 is 0.839 bits per heavy atom. The van der Waals surface area contributed by atoms with Gasteiger partial charge in [0, 0.05) is 13.2 Å². The summed E-state index contributed by atoms with van der Waals surface area (Å²) in [6.45, 7) is 8.14. The molecule has 0 aromatic carbocycles. The summed E-state index contributed by atoms with van der Waals surface area (Å²) in [4.78, 5) is 0. The van der Waals surface area contributed by atoms with Gasteiger partial charge in [-0.2, -0.15) is 11.3 Å². The van der Waals surface area contributed by atoms with E-state index in [4.69, 9.17) is 9.47 Å². The molecule has 2 nitrogen and oxygen atoms in total. The van der Waals surface area contributed by atoms with E-state index in [-0.39, 0.29) is 0 Å². The van der Waals surface area contributed by atoms with Crippen LogP contribution in [0.1, 0.15) is 128 Å². The number of unbranched alkanes of at least 4 members (excludes halogenated alkanes) is 14. The molecule has 0 N–H and O–H groups in total. The van der Waals surface area contributed by atoms with Gasteiger partial charge in [0.05, 0.1) is 13.2 Å². The SMILES string of the molecule is CCCCCCCCCCOCCc1cscc1CCOCCCCCCCCCC. The first-order valence-corrected chi connectivity index (χ1v) is 14.5. The Bertz CT molecular complexity index is 431. The number of ether oxygens (including phenoxy) is 2. The number of thiophene rings is 1.